The molecule has 0 aliphatic rings. The predicted octanol–water partition coefficient (Wildman–Crippen LogP) is 4.35. The molecule has 2 aromatic rings. The molecule has 0 radical (unpaired) electrons. The zero-order valence-corrected chi connectivity index (χ0v) is 10.5. The van der Waals surface area contributed by atoms with Crippen LogP contribution in [-0.2, 0) is 0 Å². The Hall–Kier alpha value is -1.16. The van der Waals surface area contributed by atoms with Crippen LogP contribution in [0.1, 0.15) is 17.2 Å². The van der Waals surface area contributed by atoms with Crippen LogP contribution in [0.3, 0.4) is 0 Å². The van der Waals surface area contributed by atoms with E-state index in [2.05, 4.69) is 0 Å². The van der Waals surface area contributed by atoms with E-state index in [9.17, 15) is 13.9 Å². The Morgan fingerprint density at radius 1 is 0.944 bits per heavy atom. The number of rotatable bonds is 2. The van der Waals surface area contributed by atoms with Crippen LogP contribution in [0.4, 0.5) is 8.78 Å². The van der Waals surface area contributed by atoms with E-state index >= 15 is 0 Å². The van der Waals surface area contributed by atoms with Gasteiger partial charge in [0.05, 0.1) is 0 Å². The predicted molar refractivity (Wildman–Crippen MR) is 66.9 cm³/mol. The number of hydrogen-bond acceptors (Lipinski definition) is 1. The first kappa shape index (κ1) is 13.3. The van der Waals surface area contributed by atoms with Gasteiger partial charge in [-0.3, -0.25) is 0 Å². The smallest absolute Gasteiger partial charge is 0.132 e. The molecule has 5 heteroatoms. The van der Waals surface area contributed by atoms with Gasteiger partial charge in [0.2, 0.25) is 0 Å². The number of benzene rings is 2. The molecule has 2 rings (SSSR count). The van der Waals surface area contributed by atoms with Crippen LogP contribution in [0, 0.1) is 11.6 Å². The average molecular weight is 289 g/mol. The van der Waals surface area contributed by atoms with Crippen molar-refractivity contribution in [3.8, 4) is 0 Å². The van der Waals surface area contributed by atoms with Gasteiger partial charge in [0, 0.05) is 27.2 Å². The van der Waals surface area contributed by atoms with Crippen LogP contribution >= 0.6 is 23.2 Å². The van der Waals surface area contributed by atoms with Crippen molar-refractivity contribution >= 4 is 23.2 Å². The Bertz CT molecular complexity index is 536. The van der Waals surface area contributed by atoms with Crippen LogP contribution < -0.4 is 0 Å². The first-order valence-electron chi connectivity index (χ1n) is 5.07. The van der Waals surface area contributed by atoms with E-state index in [0.29, 0.717) is 16.7 Å². The molecule has 1 atom stereocenters. The fraction of sp³-hybridized carbons (Fsp3) is 0.0769. The number of aliphatic hydroxyl groups excluding tert-OH is 1. The number of hydrogen-bond donors (Lipinski definition) is 1. The second-order valence-corrected chi connectivity index (χ2v) is 4.58. The lowest BCUT2D eigenvalue weighted by Gasteiger charge is -2.14. The summed E-state index contributed by atoms with van der Waals surface area (Å²) in [7, 11) is 0. The minimum absolute atomic E-state index is 0.0411. The van der Waals surface area contributed by atoms with E-state index in [1.54, 1.807) is 0 Å². The SMILES string of the molecule is OC(c1ccc(F)cc1F)c1ccc(Cl)cc1Cl. The molecule has 0 amide bonds. The minimum atomic E-state index is -1.27. The Morgan fingerprint density at radius 3 is 2.22 bits per heavy atom. The molecule has 0 bridgehead atoms. The normalized spacial score (nSPS) is 12.5. The molecule has 0 aliphatic carbocycles. The van der Waals surface area contributed by atoms with Gasteiger partial charge in [0.1, 0.15) is 17.7 Å². The maximum atomic E-state index is 13.5. The largest absolute Gasteiger partial charge is 0.383 e. The standard InChI is InChI=1S/C13H8Cl2F2O/c14-7-1-3-9(11(15)5-7)13(18)10-4-2-8(16)6-12(10)17/h1-6,13,18H. The van der Waals surface area contributed by atoms with Crippen LogP contribution in [0.25, 0.3) is 0 Å². The highest BCUT2D eigenvalue weighted by molar-refractivity contribution is 6.35. The van der Waals surface area contributed by atoms with Crippen molar-refractivity contribution in [2.24, 2.45) is 0 Å². The van der Waals surface area contributed by atoms with Crippen LogP contribution in [-0.4, -0.2) is 5.11 Å². The summed E-state index contributed by atoms with van der Waals surface area (Å²) in [5.74, 6) is -1.53. The average Bonchev–Trinajstić information content (AvgIpc) is 2.28. The van der Waals surface area contributed by atoms with Crippen molar-refractivity contribution in [2.75, 3.05) is 0 Å². The first-order chi connectivity index (χ1) is 8.49. The summed E-state index contributed by atoms with van der Waals surface area (Å²) in [5, 5.41) is 10.7. The summed E-state index contributed by atoms with van der Waals surface area (Å²) in [6.45, 7) is 0. The molecule has 0 fully saturated rings. The second-order valence-electron chi connectivity index (χ2n) is 3.73. The summed E-state index contributed by atoms with van der Waals surface area (Å²) < 4.78 is 26.3. The molecule has 18 heavy (non-hydrogen) atoms. The van der Waals surface area contributed by atoms with Crippen molar-refractivity contribution in [3.63, 3.8) is 0 Å². The van der Waals surface area contributed by atoms with E-state index in [1.807, 2.05) is 0 Å². The molecule has 0 aromatic heterocycles. The molecule has 0 spiro atoms. The van der Waals surface area contributed by atoms with Gasteiger partial charge in [0.15, 0.2) is 0 Å². The highest BCUT2D eigenvalue weighted by atomic mass is 35.5. The molecule has 0 aliphatic heterocycles. The summed E-state index contributed by atoms with van der Waals surface area (Å²) in [6, 6.07) is 7.45. The van der Waals surface area contributed by atoms with Gasteiger partial charge in [0.25, 0.3) is 0 Å². The lowest BCUT2D eigenvalue weighted by Crippen LogP contribution is -2.03. The van der Waals surface area contributed by atoms with Crippen LogP contribution in [0.2, 0.25) is 10.0 Å². The van der Waals surface area contributed by atoms with Gasteiger partial charge < -0.3 is 5.11 Å². The van der Waals surface area contributed by atoms with Crippen molar-refractivity contribution in [1.29, 1.82) is 0 Å². The molecule has 94 valence electrons. The second kappa shape index (κ2) is 5.22. The highest BCUT2D eigenvalue weighted by Crippen LogP contribution is 2.31. The minimum Gasteiger partial charge on any atom is -0.383 e. The molecule has 1 unspecified atom stereocenters. The molecule has 1 N–H and O–H groups in total. The summed E-state index contributed by atoms with van der Waals surface area (Å²) in [4.78, 5) is 0. The van der Waals surface area contributed by atoms with E-state index < -0.39 is 17.7 Å². The monoisotopic (exact) mass is 288 g/mol. The maximum Gasteiger partial charge on any atom is 0.132 e. The Morgan fingerprint density at radius 2 is 1.61 bits per heavy atom. The molecular formula is C13H8Cl2F2O. The van der Waals surface area contributed by atoms with Crippen molar-refractivity contribution in [1.82, 2.24) is 0 Å². The highest BCUT2D eigenvalue weighted by Gasteiger charge is 2.18. The lowest BCUT2D eigenvalue weighted by atomic mass is 10.0. The number of halogens is 4. The van der Waals surface area contributed by atoms with Gasteiger partial charge in [-0.2, -0.15) is 0 Å². The maximum absolute atomic E-state index is 13.5. The molecule has 0 saturated heterocycles. The first-order valence-corrected chi connectivity index (χ1v) is 5.82. The van der Waals surface area contributed by atoms with Gasteiger partial charge >= 0.3 is 0 Å². The van der Waals surface area contributed by atoms with Gasteiger partial charge in [-0.05, 0) is 18.2 Å². The zero-order valence-electron chi connectivity index (χ0n) is 9.00. The van der Waals surface area contributed by atoms with Crippen molar-refractivity contribution in [2.45, 2.75) is 6.10 Å². The van der Waals surface area contributed by atoms with Crippen molar-refractivity contribution < 1.29 is 13.9 Å². The molecule has 0 saturated carbocycles. The third-order valence-corrected chi connectivity index (χ3v) is 3.08. The Kier molecular flexibility index (Phi) is 3.85. The fourth-order valence-electron chi connectivity index (χ4n) is 1.61. The van der Waals surface area contributed by atoms with Crippen LogP contribution in [0.5, 0.6) is 0 Å². The third kappa shape index (κ3) is 2.64. The van der Waals surface area contributed by atoms with E-state index in [-0.39, 0.29) is 10.6 Å². The van der Waals surface area contributed by atoms with E-state index in [0.717, 1.165) is 6.07 Å². The third-order valence-electron chi connectivity index (χ3n) is 2.51. The molecule has 1 nitrogen and oxygen atoms in total. The fourth-order valence-corrected chi connectivity index (χ4v) is 2.13. The van der Waals surface area contributed by atoms with E-state index in [4.69, 9.17) is 23.2 Å². The van der Waals surface area contributed by atoms with Crippen molar-refractivity contribution in [3.05, 3.63) is 69.2 Å². The quantitative estimate of drug-likeness (QED) is 0.871. The van der Waals surface area contributed by atoms with Gasteiger partial charge in [-0.1, -0.05) is 35.3 Å². The van der Waals surface area contributed by atoms with E-state index in [1.165, 1.54) is 24.3 Å². The van der Waals surface area contributed by atoms with Crippen LogP contribution in [0.15, 0.2) is 36.4 Å². The Balaban J connectivity index is 2.44. The topological polar surface area (TPSA) is 20.2 Å². The summed E-state index contributed by atoms with van der Waals surface area (Å²) in [6.07, 6.45) is -1.27. The van der Waals surface area contributed by atoms with Gasteiger partial charge in [-0.25, -0.2) is 8.78 Å². The van der Waals surface area contributed by atoms with Gasteiger partial charge in [-0.15, -0.1) is 0 Å². The lowest BCUT2D eigenvalue weighted by molar-refractivity contribution is 0.215. The molecular weight excluding hydrogens is 281 g/mol. The summed E-state index contributed by atoms with van der Waals surface area (Å²) >= 11 is 11.6. The summed E-state index contributed by atoms with van der Waals surface area (Å²) in [5.41, 5.74) is 0.271. The zero-order chi connectivity index (χ0) is 13.3. The number of aliphatic hydroxyl groups is 1. The molecule has 2 aromatic carbocycles. The Labute approximate surface area is 113 Å². The molecule has 0 heterocycles.